The first-order chi connectivity index (χ1) is 5.24. The third-order valence-electron chi connectivity index (χ3n) is 2.03. The molecule has 0 saturated carbocycles. The Labute approximate surface area is 66.7 Å². The number of ether oxygens (including phenoxy) is 2. The Hall–Kier alpha value is -0.570. The monoisotopic (exact) mass is 158 g/mol. The number of hydrogen-bond donors (Lipinski definition) is 0. The Morgan fingerprint density at radius 2 is 2.45 bits per heavy atom. The predicted octanol–water partition coefficient (Wildman–Crippen LogP) is 0.974. The topological polar surface area (TPSA) is 38.8 Å². The zero-order valence-corrected chi connectivity index (χ0v) is 7.00. The Morgan fingerprint density at radius 1 is 1.82 bits per heavy atom. The summed E-state index contributed by atoms with van der Waals surface area (Å²) in [6.45, 7) is 2.96. The summed E-state index contributed by atoms with van der Waals surface area (Å²) in [4.78, 5) is 10.7. The van der Waals surface area contributed by atoms with Crippen LogP contribution in [0.1, 0.15) is 19.8 Å². The molecular formula is C8H14O3. The van der Waals surface area contributed by atoms with Crippen LogP contribution in [-0.2, 0) is 14.3 Å². The van der Waals surface area contributed by atoms with Crippen LogP contribution in [0, 0.1) is 5.92 Å². The van der Waals surface area contributed by atoms with Crippen LogP contribution in [0.4, 0.5) is 0 Å². The van der Waals surface area contributed by atoms with E-state index in [4.69, 9.17) is 4.74 Å². The normalized spacial score (nSPS) is 24.4. The van der Waals surface area contributed by atoms with Crippen LogP contribution in [0.5, 0.6) is 0 Å². The van der Waals surface area contributed by atoms with Crippen LogP contribution >= 0.6 is 0 Å². The molecule has 1 fully saturated rings. The highest BCUT2D eigenvalue weighted by atomic mass is 16.6. The molecule has 1 aliphatic heterocycles. The average Bonchev–Trinajstić information content (AvgIpc) is 2.81. The van der Waals surface area contributed by atoms with E-state index in [-0.39, 0.29) is 5.97 Å². The van der Waals surface area contributed by atoms with Gasteiger partial charge in [0.05, 0.1) is 19.8 Å². The molecule has 1 aliphatic rings. The second kappa shape index (κ2) is 3.72. The van der Waals surface area contributed by atoms with E-state index in [1.54, 1.807) is 0 Å². The minimum Gasteiger partial charge on any atom is -0.469 e. The van der Waals surface area contributed by atoms with Crippen LogP contribution in [0.3, 0.4) is 0 Å². The molecule has 0 N–H and O–H groups in total. The Kier molecular flexibility index (Phi) is 2.88. The van der Waals surface area contributed by atoms with E-state index in [0.29, 0.717) is 18.4 Å². The molecule has 3 nitrogen and oxygen atoms in total. The van der Waals surface area contributed by atoms with Gasteiger partial charge in [-0.3, -0.25) is 4.79 Å². The van der Waals surface area contributed by atoms with Crippen molar-refractivity contribution in [3.8, 4) is 0 Å². The first-order valence-electron chi connectivity index (χ1n) is 3.92. The van der Waals surface area contributed by atoms with Crippen molar-refractivity contribution in [1.29, 1.82) is 0 Å². The van der Waals surface area contributed by atoms with Gasteiger partial charge < -0.3 is 9.47 Å². The Balaban J connectivity index is 2.05. The second-order valence-corrected chi connectivity index (χ2v) is 2.96. The van der Waals surface area contributed by atoms with Gasteiger partial charge in [0.15, 0.2) is 0 Å². The molecule has 0 unspecified atom stereocenters. The molecule has 0 spiro atoms. The van der Waals surface area contributed by atoms with Gasteiger partial charge in [-0.05, 0) is 12.3 Å². The van der Waals surface area contributed by atoms with Crippen molar-refractivity contribution in [3.05, 3.63) is 0 Å². The number of esters is 1. The van der Waals surface area contributed by atoms with E-state index < -0.39 is 0 Å². The molecule has 64 valence electrons. The van der Waals surface area contributed by atoms with Crippen LogP contribution in [0.15, 0.2) is 0 Å². The van der Waals surface area contributed by atoms with Gasteiger partial charge in [-0.1, -0.05) is 6.92 Å². The molecule has 0 bridgehead atoms. The fourth-order valence-electron chi connectivity index (χ4n) is 1.02. The molecule has 1 saturated heterocycles. The quantitative estimate of drug-likeness (QED) is 0.452. The largest absolute Gasteiger partial charge is 0.469 e. The number of epoxide rings is 1. The fraction of sp³-hybridized carbons (Fsp3) is 0.875. The first kappa shape index (κ1) is 8.53. The van der Waals surface area contributed by atoms with E-state index in [1.807, 2.05) is 0 Å². The van der Waals surface area contributed by atoms with Gasteiger partial charge >= 0.3 is 5.97 Å². The predicted molar refractivity (Wildman–Crippen MR) is 40.2 cm³/mol. The third kappa shape index (κ3) is 2.89. The average molecular weight is 158 g/mol. The minimum atomic E-state index is -0.127. The van der Waals surface area contributed by atoms with Crippen molar-refractivity contribution in [3.63, 3.8) is 0 Å². The van der Waals surface area contributed by atoms with Gasteiger partial charge in [-0.2, -0.15) is 0 Å². The molecule has 0 aromatic heterocycles. The van der Waals surface area contributed by atoms with Crippen molar-refractivity contribution >= 4 is 5.97 Å². The van der Waals surface area contributed by atoms with Gasteiger partial charge in [0.2, 0.25) is 0 Å². The maximum atomic E-state index is 10.7. The van der Waals surface area contributed by atoms with Gasteiger partial charge in [0.1, 0.15) is 0 Å². The standard InChI is InChI=1S/C8H14O3/c1-6(7-5-11-7)3-4-8(9)10-2/h6-7H,3-5H2,1-2H3/t6-,7+/m1/s1. The van der Waals surface area contributed by atoms with Crippen LogP contribution in [0.2, 0.25) is 0 Å². The van der Waals surface area contributed by atoms with Crippen molar-refractivity contribution in [2.45, 2.75) is 25.9 Å². The van der Waals surface area contributed by atoms with Crippen molar-refractivity contribution in [1.82, 2.24) is 0 Å². The highest BCUT2D eigenvalue weighted by molar-refractivity contribution is 5.69. The smallest absolute Gasteiger partial charge is 0.305 e. The molecule has 1 rings (SSSR count). The highest BCUT2D eigenvalue weighted by Crippen LogP contribution is 2.23. The van der Waals surface area contributed by atoms with E-state index in [1.165, 1.54) is 7.11 Å². The van der Waals surface area contributed by atoms with E-state index in [9.17, 15) is 4.79 Å². The van der Waals surface area contributed by atoms with E-state index in [0.717, 1.165) is 13.0 Å². The number of hydrogen-bond acceptors (Lipinski definition) is 3. The molecule has 11 heavy (non-hydrogen) atoms. The maximum absolute atomic E-state index is 10.7. The van der Waals surface area contributed by atoms with E-state index in [2.05, 4.69) is 11.7 Å². The number of carbonyl (C=O) groups excluding carboxylic acids is 1. The lowest BCUT2D eigenvalue weighted by molar-refractivity contribution is -0.140. The molecule has 0 aliphatic carbocycles. The molecule has 2 atom stereocenters. The maximum Gasteiger partial charge on any atom is 0.305 e. The summed E-state index contributed by atoms with van der Waals surface area (Å²) < 4.78 is 9.61. The highest BCUT2D eigenvalue weighted by Gasteiger charge is 2.29. The van der Waals surface area contributed by atoms with Gasteiger partial charge in [-0.25, -0.2) is 0 Å². The SMILES string of the molecule is COC(=O)CC[C@@H](C)[C@@H]1CO1. The zero-order chi connectivity index (χ0) is 8.27. The summed E-state index contributed by atoms with van der Waals surface area (Å²) in [6.07, 6.45) is 1.79. The molecule has 0 aromatic carbocycles. The summed E-state index contributed by atoms with van der Waals surface area (Å²) in [5, 5.41) is 0. The molecule has 3 heteroatoms. The lowest BCUT2D eigenvalue weighted by Gasteiger charge is -2.05. The molecule has 0 radical (unpaired) electrons. The van der Waals surface area contributed by atoms with Gasteiger partial charge in [0.25, 0.3) is 0 Å². The lowest BCUT2D eigenvalue weighted by atomic mass is 10.0. The summed E-state index contributed by atoms with van der Waals surface area (Å²) in [5.74, 6) is 0.367. The van der Waals surface area contributed by atoms with Gasteiger partial charge in [-0.15, -0.1) is 0 Å². The van der Waals surface area contributed by atoms with Gasteiger partial charge in [0, 0.05) is 6.42 Å². The fourth-order valence-corrected chi connectivity index (χ4v) is 1.02. The lowest BCUT2D eigenvalue weighted by Crippen LogP contribution is -2.08. The molecule has 1 heterocycles. The van der Waals surface area contributed by atoms with Crippen molar-refractivity contribution in [2.75, 3.05) is 13.7 Å². The molecule has 0 aromatic rings. The number of carbonyl (C=O) groups is 1. The molecular weight excluding hydrogens is 144 g/mol. The number of methoxy groups -OCH3 is 1. The second-order valence-electron chi connectivity index (χ2n) is 2.96. The van der Waals surface area contributed by atoms with Crippen LogP contribution in [-0.4, -0.2) is 25.8 Å². The van der Waals surface area contributed by atoms with Crippen molar-refractivity contribution < 1.29 is 14.3 Å². The van der Waals surface area contributed by atoms with Crippen molar-refractivity contribution in [2.24, 2.45) is 5.92 Å². The zero-order valence-electron chi connectivity index (χ0n) is 7.00. The summed E-state index contributed by atoms with van der Waals surface area (Å²) in [7, 11) is 1.42. The van der Waals surface area contributed by atoms with E-state index >= 15 is 0 Å². The Morgan fingerprint density at radius 3 is 2.91 bits per heavy atom. The summed E-state index contributed by atoms with van der Waals surface area (Å²) in [6, 6.07) is 0. The summed E-state index contributed by atoms with van der Waals surface area (Å²) >= 11 is 0. The number of rotatable bonds is 4. The molecule has 0 amide bonds. The summed E-state index contributed by atoms with van der Waals surface area (Å²) in [5.41, 5.74) is 0. The Bertz CT molecular complexity index is 140. The first-order valence-corrected chi connectivity index (χ1v) is 3.92. The van der Waals surface area contributed by atoms with Crippen LogP contribution < -0.4 is 0 Å². The van der Waals surface area contributed by atoms with Crippen LogP contribution in [0.25, 0.3) is 0 Å². The minimum absolute atomic E-state index is 0.127. The third-order valence-corrected chi connectivity index (χ3v) is 2.03.